The zero-order valence-corrected chi connectivity index (χ0v) is 25.4. The quantitative estimate of drug-likeness (QED) is 0.203. The van der Waals surface area contributed by atoms with E-state index >= 15 is 0 Å². The number of nitrogens with zero attached hydrogens (tertiary/aromatic N) is 5. The maximum atomic E-state index is 13.5. The van der Waals surface area contributed by atoms with Gasteiger partial charge in [-0.05, 0) is 60.2 Å². The summed E-state index contributed by atoms with van der Waals surface area (Å²) in [6.45, 7) is 3.82. The Labute approximate surface area is 264 Å². The smallest absolute Gasteiger partial charge is 0.416 e. The summed E-state index contributed by atoms with van der Waals surface area (Å²) in [7, 11) is 3.40. The van der Waals surface area contributed by atoms with Gasteiger partial charge in [-0.1, -0.05) is 30.3 Å². The number of piperazine rings is 1. The molecule has 0 aliphatic carbocycles. The molecule has 1 aliphatic rings. The van der Waals surface area contributed by atoms with Crippen LogP contribution in [0.1, 0.15) is 32.0 Å². The number of aryl methyl sites for hydroxylation is 1. The second-order valence-electron chi connectivity index (χ2n) is 11.3. The second-order valence-corrected chi connectivity index (χ2v) is 11.3. The number of fused-ring (bicyclic) bond motifs is 1. The van der Waals surface area contributed by atoms with Crippen LogP contribution in [0.2, 0.25) is 0 Å². The summed E-state index contributed by atoms with van der Waals surface area (Å²) in [4.78, 5) is 36.2. The molecule has 0 atom stereocenters. The lowest BCUT2D eigenvalue weighted by Gasteiger charge is -2.34. The zero-order chi connectivity index (χ0) is 32.4. The third-order valence-electron chi connectivity index (χ3n) is 8.24. The highest BCUT2D eigenvalue weighted by atomic mass is 19.4. The average molecular weight is 628 g/mol. The molecule has 0 saturated carbocycles. The minimum atomic E-state index is -4.48. The van der Waals surface area contributed by atoms with Crippen LogP contribution in [0.15, 0.2) is 97.2 Å². The zero-order valence-electron chi connectivity index (χ0n) is 25.4. The lowest BCUT2D eigenvalue weighted by Crippen LogP contribution is -2.48. The van der Waals surface area contributed by atoms with Crippen molar-refractivity contribution in [3.63, 3.8) is 0 Å². The highest BCUT2D eigenvalue weighted by molar-refractivity contribution is 6.05. The molecule has 1 aliphatic heterocycles. The van der Waals surface area contributed by atoms with Crippen molar-refractivity contribution in [1.29, 1.82) is 0 Å². The molecule has 0 bridgehead atoms. The molecule has 0 radical (unpaired) electrons. The number of rotatable bonds is 7. The molecule has 5 aromatic rings. The molecule has 3 aromatic carbocycles. The highest BCUT2D eigenvalue weighted by Gasteiger charge is 2.30. The average Bonchev–Trinajstić information content (AvgIpc) is 3.39. The third-order valence-corrected chi connectivity index (χ3v) is 8.24. The lowest BCUT2D eigenvalue weighted by atomic mass is 10.1. The summed E-state index contributed by atoms with van der Waals surface area (Å²) < 4.78 is 46.5. The maximum absolute atomic E-state index is 13.5. The molecule has 2 amide bonds. The van der Waals surface area contributed by atoms with Crippen molar-refractivity contribution in [2.45, 2.75) is 12.7 Å². The summed E-state index contributed by atoms with van der Waals surface area (Å²) in [6.07, 6.45) is -3.02. The fourth-order valence-electron chi connectivity index (χ4n) is 5.57. The molecule has 8 nitrogen and oxygen atoms in total. The number of ether oxygens (including phenoxy) is 1. The van der Waals surface area contributed by atoms with Crippen molar-refractivity contribution >= 4 is 28.4 Å². The van der Waals surface area contributed by atoms with Gasteiger partial charge in [-0.15, -0.1) is 0 Å². The minimum Gasteiger partial charge on any atom is -0.439 e. The minimum absolute atomic E-state index is 0.00672. The maximum Gasteiger partial charge on any atom is 0.416 e. The Morgan fingerprint density at radius 3 is 2.26 bits per heavy atom. The number of carbonyl (C=O) groups excluding carboxylic acids is 2. The van der Waals surface area contributed by atoms with E-state index in [0.29, 0.717) is 36.1 Å². The molecular formula is C35H32F3N5O3. The summed E-state index contributed by atoms with van der Waals surface area (Å²) in [6, 6.07) is 25.1. The largest absolute Gasteiger partial charge is 0.439 e. The summed E-state index contributed by atoms with van der Waals surface area (Å²) >= 11 is 0. The summed E-state index contributed by atoms with van der Waals surface area (Å²) in [5, 5.41) is 0.851. The predicted octanol–water partition coefficient (Wildman–Crippen LogP) is 6.62. The molecule has 3 heterocycles. The number of anilines is 1. The Morgan fingerprint density at radius 2 is 1.61 bits per heavy atom. The van der Waals surface area contributed by atoms with Crippen molar-refractivity contribution in [2.75, 3.05) is 38.1 Å². The van der Waals surface area contributed by atoms with E-state index in [1.807, 2.05) is 52.9 Å². The highest BCUT2D eigenvalue weighted by Crippen LogP contribution is 2.30. The Balaban J connectivity index is 1.08. The normalized spacial score (nSPS) is 14.0. The van der Waals surface area contributed by atoms with Crippen LogP contribution in [0.4, 0.5) is 18.9 Å². The van der Waals surface area contributed by atoms with E-state index in [9.17, 15) is 22.8 Å². The number of aromatic nitrogens is 2. The first-order valence-electron chi connectivity index (χ1n) is 14.8. The molecule has 1 saturated heterocycles. The van der Waals surface area contributed by atoms with Gasteiger partial charge >= 0.3 is 6.18 Å². The fourth-order valence-corrected chi connectivity index (χ4v) is 5.57. The van der Waals surface area contributed by atoms with E-state index in [-0.39, 0.29) is 11.5 Å². The van der Waals surface area contributed by atoms with Crippen molar-refractivity contribution < 1.29 is 27.5 Å². The molecule has 11 heteroatoms. The Kier molecular flexibility index (Phi) is 8.50. The van der Waals surface area contributed by atoms with Gasteiger partial charge in [0.25, 0.3) is 11.8 Å². The van der Waals surface area contributed by atoms with Crippen LogP contribution < -0.4 is 9.64 Å². The standard InChI is InChI=1S/C35H32F3N5O3/c1-40(33(44)25-8-10-27(11-9-25)35(36,37)38)28-12-15-32(39-22-28)46-29-13-14-30-26(20-29)21-31(41(30)2)34(45)43-18-16-42(17-19-43)23-24-6-4-3-5-7-24/h3-15,20-22H,16-19,23H2,1-2H3. The molecule has 2 aromatic heterocycles. The summed E-state index contributed by atoms with van der Waals surface area (Å²) in [5.41, 5.74) is 2.51. The number of hydrogen-bond acceptors (Lipinski definition) is 5. The van der Waals surface area contributed by atoms with Crippen LogP contribution >= 0.6 is 0 Å². The van der Waals surface area contributed by atoms with Crippen LogP contribution in [0, 0.1) is 0 Å². The van der Waals surface area contributed by atoms with E-state index in [4.69, 9.17) is 4.74 Å². The van der Waals surface area contributed by atoms with E-state index < -0.39 is 17.6 Å². The number of halogens is 3. The number of hydrogen-bond donors (Lipinski definition) is 0. The molecular weight excluding hydrogens is 595 g/mol. The van der Waals surface area contributed by atoms with Gasteiger partial charge in [0.2, 0.25) is 5.88 Å². The van der Waals surface area contributed by atoms with Crippen molar-refractivity contribution in [3.05, 3.63) is 120 Å². The molecule has 0 spiro atoms. The molecule has 236 valence electrons. The van der Waals surface area contributed by atoms with Gasteiger partial charge in [0.05, 0.1) is 17.4 Å². The molecule has 0 N–H and O–H groups in total. The van der Waals surface area contributed by atoms with Crippen LogP contribution in [0.25, 0.3) is 10.9 Å². The Bertz CT molecular complexity index is 1850. The van der Waals surface area contributed by atoms with Gasteiger partial charge in [-0.2, -0.15) is 13.2 Å². The Morgan fingerprint density at radius 1 is 0.891 bits per heavy atom. The predicted molar refractivity (Wildman–Crippen MR) is 169 cm³/mol. The third kappa shape index (κ3) is 6.59. The molecule has 46 heavy (non-hydrogen) atoms. The van der Waals surface area contributed by atoms with Crippen LogP contribution in [-0.4, -0.2) is 64.4 Å². The topological polar surface area (TPSA) is 70.9 Å². The number of benzene rings is 3. The second kappa shape index (κ2) is 12.7. The number of carbonyl (C=O) groups is 2. The number of pyridine rings is 1. The summed E-state index contributed by atoms with van der Waals surface area (Å²) in [5.74, 6) is 0.339. The van der Waals surface area contributed by atoms with Gasteiger partial charge in [-0.3, -0.25) is 14.5 Å². The fraction of sp³-hybridized carbons (Fsp3) is 0.229. The van der Waals surface area contributed by atoms with Gasteiger partial charge in [0, 0.05) is 69.4 Å². The van der Waals surface area contributed by atoms with Crippen LogP contribution in [-0.2, 0) is 19.8 Å². The first-order valence-corrected chi connectivity index (χ1v) is 14.8. The van der Waals surface area contributed by atoms with Gasteiger partial charge in [0.15, 0.2) is 0 Å². The van der Waals surface area contributed by atoms with Crippen molar-refractivity contribution in [1.82, 2.24) is 19.4 Å². The van der Waals surface area contributed by atoms with Gasteiger partial charge in [-0.25, -0.2) is 4.98 Å². The number of amides is 2. The van der Waals surface area contributed by atoms with Crippen LogP contribution in [0.5, 0.6) is 11.6 Å². The molecule has 1 fully saturated rings. The van der Waals surface area contributed by atoms with Crippen LogP contribution in [0.3, 0.4) is 0 Å². The molecule has 6 rings (SSSR count). The van der Waals surface area contributed by atoms with Crippen molar-refractivity contribution in [3.8, 4) is 11.6 Å². The van der Waals surface area contributed by atoms with E-state index in [2.05, 4.69) is 22.0 Å². The first-order chi connectivity index (χ1) is 22.1. The lowest BCUT2D eigenvalue weighted by molar-refractivity contribution is -0.137. The number of alkyl halides is 3. The first kappa shape index (κ1) is 30.8. The van der Waals surface area contributed by atoms with E-state index in [1.165, 1.54) is 23.7 Å². The van der Waals surface area contributed by atoms with E-state index in [1.54, 1.807) is 18.2 Å². The Hall–Kier alpha value is -5.16. The van der Waals surface area contributed by atoms with Gasteiger partial charge < -0.3 is 19.1 Å². The van der Waals surface area contributed by atoms with E-state index in [0.717, 1.165) is 54.8 Å². The van der Waals surface area contributed by atoms with Crippen molar-refractivity contribution in [2.24, 2.45) is 7.05 Å². The molecule has 0 unspecified atom stereocenters. The van der Waals surface area contributed by atoms with Gasteiger partial charge in [0.1, 0.15) is 11.4 Å². The monoisotopic (exact) mass is 627 g/mol. The SMILES string of the molecule is CN(C(=O)c1ccc(C(F)(F)F)cc1)c1ccc(Oc2ccc3c(c2)cc(C(=O)N2CCN(Cc4ccccc4)CC2)n3C)nc1.